The fourth-order valence-electron chi connectivity index (χ4n) is 3.24. The summed E-state index contributed by atoms with van der Waals surface area (Å²) in [5, 5.41) is 0. The standard InChI is InChI=1S/C21H20FN3O2S/c22-18-11-14(5-6-17(18)19-12-25-21(23)13-24-19)16-3-1-2-4-20(16)27-15-7-9-28(26)10-8-15/h1-6,11-13,15H,7-10H2,(H2,23,25). The third-order valence-electron chi connectivity index (χ3n) is 4.74. The van der Waals surface area contributed by atoms with Gasteiger partial charge in [0.2, 0.25) is 0 Å². The smallest absolute Gasteiger partial charge is 0.141 e. The molecule has 3 aromatic rings. The number of aromatic nitrogens is 2. The normalized spacial score (nSPS) is 19.3. The maximum absolute atomic E-state index is 14.8. The summed E-state index contributed by atoms with van der Waals surface area (Å²) in [6.45, 7) is 0. The number of nitrogens with two attached hydrogens (primary N) is 1. The molecule has 1 fully saturated rings. The van der Waals surface area contributed by atoms with E-state index in [1.54, 1.807) is 6.07 Å². The second kappa shape index (κ2) is 8.06. The molecule has 0 aliphatic carbocycles. The molecule has 0 amide bonds. The molecular weight excluding hydrogens is 377 g/mol. The topological polar surface area (TPSA) is 78.1 Å². The van der Waals surface area contributed by atoms with E-state index in [1.165, 1.54) is 18.5 Å². The van der Waals surface area contributed by atoms with Gasteiger partial charge in [-0.1, -0.05) is 24.3 Å². The molecule has 2 aromatic carbocycles. The Morgan fingerprint density at radius 1 is 1.04 bits per heavy atom. The number of ether oxygens (including phenoxy) is 1. The molecule has 1 aliphatic heterocycles. The highest BCUT2D eigenvalue weighted by Gasteiger charge is 2.20. The minimum Gasteiger partial charge on any atom is -0.490 e. The molecule has 1 saturated heterocycles. The van der Waals surface area contributed by atoms with Gasteiger partial charge in [0.1, 0.15) is 23.5 Å². The maximum Gasteiger partial charge on any atom is 0.141 e. The lowest BCUT2D eigenvalue weighted by Gasteiger charge is -2.24. The van der Waals surface area contributed by atoms with Crippen LogP contribution in [0.2, 0.25) is 0 Å². The molecule has 0 atom stereocenters. The van der Waals surface area contributed by atoms with Gasteiger partial charge in [-0.25, -0.2) is 9.37 Å². The second-order valence-corrected chi connectivity index (χ2v) is 8.38. The van der Waals surface area contributed by atoms with Crippen LogP contribution in [-0.2, 0) is 10.8 Å². The minimum atomic E-state index is -0.734. The highest BCUT2D eigenvalue weighted by Crippen LogP contribution is 2.34. The molecule has 0 radical (unpaired) electrons. The SMILES string of the molecule is Nc1cnc(-c2ccc(-c3ccccc3OC3CCS(=O)CC3)cc2F)cn1. The van der Waals surface area contributed by atoms with Gasteiger partial charge in [-0.05, 0) is 36.6 Å². The van der Waals surface area contributed by atoms with E-state index in [4.69, 9.17) is 10.5 Å². The quantitative estimate of drug-likeness (QED) is 0.724. The van der Waals surface area contributed by atoms with Gasteiger partial charge in [0, 0.05) is 33.4 Å². The Balaban J connectivity index is 1.61. The van der Waals surface area contributed by atoms with Crippen LogP contribution in [0.15, 0.2) is 54.9 Å². The van der Waals surface area contributed by atoms with E-state index >= 15 is 0 Å². The lowest BCUT2D eigenvalue weighted by Crippen LogP contribution is -2.27. The molecular formula is C21H20FN3O2S. The lowest BCUT2D eigenvalue weighted by atomic mass is 10.0. The molecule has 28 heavy (non-hydrogen) atoms. The molecule has 1 aliphatic rings. The van der Waals surface area contributed by atoms with Gasteiger partial charge in [0.05, 0.1) is 18.1 Å². The van der Waals surface area contributed by atoms with Gasteiger partial charge in [-0.2, -0.15) is 0 Å². The fraction of sp³-hybridized carbons (Fsp3) is 0.238. The molecule has 0 unspecified atom stereocenters. The van der Waals surface area contributed by atoms with Crippen molar-refractivity contribution in [2.75, 3.05) is 17.2 Å². The average molecular weight is 397 g/mol. The van der Waals surface area contributed by atoms with Crippen molar-refractivity contribution in [1.82, 2.24) is 9.97 Å². The summed E-state index contributed by atoms with van der Waals surface area (Å²) in [6.07, 6.45) is 4.43. The summed E-state index contributed by atoms with van der Waals surface area (Å²) < 4.78 is 32.5. The highest BCUT2D eigenvalue weighted by molar-refractivity contribution is 7.85. The Labute approximate surface area is 165 Å². The van der Waals surface area contributed by atoms with E-state index in [1.807, 2.05) is 30.3 Å². The number of para-hydroxylation sites is 1. The van der Waals surface area contributed by atoms with Crippen LogP contribution in [0.5, 0.6) is 5.75 Å². The van der Waals surface area contributed by atoms with Crippen LogP contribution in [0.25, 0.3) is 22.4 Å². The second-order valence-electron chi connectivity index (χ2n) is 6.68. The van der Waals surface area contributed by atoms with E-state index in [0.717, 1.165) is 24.0 Å². The molecule has 1 aromatic heterocycles. The van der Waals surface area contributed by atoms with Crippen LogP contribution in [0.1, 0.15) is 12.8 Å². The first kappa shape index (κ1) is 18.6. The van der Waals surface area contributed by atoms with Crippen LogP contribution in [-0.4, -0.2) is 31.8 Å². The van der Waals surface area contributed by atoms with Gasteiger partial charge in [-0.3, -0.25) is 9.19 Å². The number of anilines is 1. The summed E-state index contributed by atoms with van der Waals surface area (Å²) in [7, 11) is -0.734. The predicted molar refractivity (Wildman–Crippen MR) is 109 cm³/mol. The molecule has 0 saturated carbocycles. The number of hydrogen-bond acceptors (Lipinski definition) is 5. The zero-order chi connectivity index (χ0) is 19.5. The van der Waals surface area contributed by atoms with Gasteiger partial charge in [-0.15, -0.1) is 0 Å². The van der Waals surface area contributed by atoms with Crippen molar-refractivity contribution in [2.45, 2.75) is 18.9 Å². The molecule has 2 N–H and O–H groups in total. The molecule has 7 heteroatoms. The largest absolute Gasteiger partial charge is 0.490 e. The first-order valence-electron chi connectivity index (χ1n) is 9.08. The third kappa shape index (κ3) is 4.04. The van der Waals surface area contributed by atoms with E-state index in [-0.39, 0.29) is 11.9 Å². The van der Waals surface area contributed by atoms with Crippen molar-refractivity contribution in [3.05, 3.63) is 60.7 Å². The van der Waals surface area contributed by atoms with Gasteiger partial charge in [0.25, 0.3) is 0 Å². The Morgan fingerprint density at radius 2 is 1.82 bits per heavy atom. The van der Waals surface area contributed by atoms with Crippen LogP contribution in [0.3, 0.4) is 0 Å². The molecule has 144 valence electrons. The first-order chi connectivity index (χ1) is 13.6. The number of rotatable bonds is 4. The molecule has 5 nitrogen and oxygen atoms in total. The Morgan fingerprint density at radius 3 is 2.54 bits per heavy atom. The van der Waals surface area contributed by atoms with E-state index in [9.17, 15) is 8.60 Å². The van der Waals surface area contributed by atoms with E-state index in [2.05, 4.69) is 9.97 Å². The van der Waals surface area contributed by atoms with Crippen LogP contribution < -0.4 is 10.5 Å². The van der Waals surface area contributed by atoms with Gasteiger partial charge >= 0.3 is 0 Å². The summed E-state index contributed by atoms with van der Waals surface area (Å²) in [5.41, 5.74) is 7.88. The van der Waals surface area contributed by atoms with E-state index in [0.29, 0.717) is 34.3 Å². The first-order valence-corrected chi connectivity index (χ1v) is 10.6. The highest BCUT2D eigenvalue weighted by atomic mass is 32.2. The zero-order valence-electron chi connectivity index (χ0n) is 15.2. The van der Waals surface area contributed by atoms with Gasteiger partial charge in [0.15, 0.2) is 0 Å². The predicted octanol–water partition coefficient (Wildman–Crippen LogP) is 3.82. The summed E-state index contributed by atoms with van der Waals surface area (Å²) in [4.78, 5) is 8.10. The van der Waals surface area contributed by atoms with Crippen LogP contribution in [0, 0.1) is 5.82 Å². The Bertz CT molecular complexity index is 1000. The number of nitrogens with zero attached hydrogens (tertiary/aromatic N) is 2. The van der Waals surface area contributed by atoms with Crippen molar-refractivity contribution in [1.29, 1.82) is 0 Å². The minimum absolute atomic E-state index is 0.0352. The Hall–Kier alpha value is -2.80. The van der Waals surface area contributed by atoms with Crippen molar-refractivity contribution in [2.24, 2.45) is 0 Å². The maximum atomic E-state index is 14.8. The van der Waals surface area contributed by atoms with Gasteiger partial charge < -0.3 is 10.5 Å². The number of hydrogen-bond donors (Lipinski definition) is 1. The summed E-state index contributed by atoms with van der Waals surface area (Å²) in [6, 6.07) is 12.6. The van der Waals surface area contributed by atoms with E-state index < -0.39 is 10.8 Å². The molecule has 4 rings (SSSR count). The Kier molecular flexibility index (Phi) is 5.34. The zero-order valence-corrected chi connectivity index (χ0v) is 16.0. The molecule has 2 heterocycles. The summed E-state index contributed by atoms with van der Waals surface area (Å²) in [5.74, 6) is 1.94. The number of nitrogen functional groups attached to an aromatic ring is 1. The van der Waals surface area contributed by atoms with Crippen molar-refractivity contribution < 1.29 is 13.3 Å². The monoisotopic (exact) mass is 397 g/mol. The molecule has 0 spiro atoms. The average Bonchev–Trinajstić information content (AvgIpc) is 2.71. The van der Waals surface area contributed by atoms with Crippen LogP contribution >= 0.6 is 0 Å². The third-order valence-corrected chi connectivity index (χ3v) is 6.13. The fourth-order valence-corrected chi connectivity index (χ4v) is 4.50. The van der Waals surface area contributed by atoms with Crippen LogP contribution in [0.4, 0.5) is 10.2 Å². The number of benzene rings is 2. The summed E-state index contributed by atoms with van der Waals surface area (Å²) >= 11 is 0. The van der Waals surface area contributed by atoms with Crippen molar-refractivity contribution in [3.63, 3.8) is 0 Å². The lowest BCUT2D eigenvalue weighted by molar-refractivity contribution is 0.192. The number of halogens is 1. The van der Waals surface area contributed by atoms with Crippen molar-refractivity contribution in [3.8, 4) is 28.1 Å². The molecule has 0 bridgehead atoms. The van der Waals surface area contributed by atoms with Crippen molar-refractivity contribution >= 4 is 16.6 Å².